The molecular formula is C26H45N3O5. The Labute approximate surface area is 204 Å². The van der Waals surface area contributed by atoms with Gasteiger partial charge in [0.05, 0.1) is 6.04 Å². The largest absolute Gasteiger partial charge is 0.369 e. The number of nitrogens with zero attached hydrogens (tertiary/aromatic N) is 2. The van der Waals surface area contributed by atoms with Crippen molar-refractivity contribution in [3.63, 3.8) is 0 Å². The van der Waals surface area contributed by atoms with Gasteiger partial charge in [0.1, 0.15) is 12.2 Å². The minimum absolute atomic E-state index is 0.156. The van der Waals surface area contributed by atoms with E-state index in [0.29, 0.717) is 19.3 Å². The Morgan fingerprint density at radius 1 is 1.12 bits per heavy atom. The number of rotatable bonds is 5. The first kappa shape index (κ1) is 28.5. The van der Waals surface area contributed by atoms with Crippen LogP contribution in [0.2, 0.25) is 0 Å². The van der Waals surface area contributed by atoms with Crippen LogP contribution in [0.5, 0.6) is 0 Å². The number of aliphatic hydroxyl groups is 1. The maximum Gasteiger partial charge on any atom is 0.237 e. The summed E-state index contributed by atoms with van der Waals surface area (Å²) in [5.74, 6) is 2.13. The minimum Gasteiger partial charge on any atom is -0.369 e. The first-order valence-electron chi connectivity index (χ1n) is 13.0. The van der Waals surface area contributed by atoms with Crippen molar-refractivity contribution in [2.24, 2.45) is 35.5 Å². The van der Waals surface area contributed by atoms with Gasteiger partial charge in [-0.25, -0.2) is 0 Å². The Morgan fingerprint density at radius 2 is 1.76 bits per heavy atom. The van der Waals surface area contributed by atoms with E-state index in [4.69, 9.17) is 5.21 Å². The fourth-order valence-corrected chi connectivity index (χ4v) is 5.98. The topological polar surface area (TPSA) is 110 Å². The molecule has 4 rings (SSSR count). The Balaban J connectivity index is 0.000000193. The van der Waals surface area contributed by atoms with Crippen molar-refractivity contribution in [3.05, 3.63) is 12.2 Å². The van der Waals surface area contributed by atoms with Crippen LogP contribution in [0.15, 0.2) is 12.2 Å². The second-order valence-corrected chi connectivity index (χ2v) is 10.3. The van der Waals surface area contributed by atoms with Crippen molar-refractivity contribution < 1.29 is 24.7 Å². The van der Waals surface area contributed by atoms with Gasteiger partial charge in [-0.05, 0) is 56.8 Å². The van der Waals surface area contributed by atoms with Gasteiger partial charge in [0, 0.05) is 25.6 Å². The third-order valence-corrected chi connectivity index (χ3v) is 8.60. The lowest BCUT2D eigenvalue weighted by atomic mass is 9.66. The Morgan fingerprint density at radius 3 is 2.29 bits per heavy atom. The van der Waals surface area contributed by atoms with E-state index in [0.717, 1.165) is 43.2 Å². The third kappa shape index (κ3) is 5.71. The predicted molar refractivity (Wildman–Crippen MR) is 131 cm³/mol. The van der Waals surface area contributed by atoms with E-state index in [1.807, 2.05) is 19.3 Å². The highest BCUT2D eigenvalue weighted by molar-refractivity contribution is 5.96. The number of hydroxylamine groups is 1. The van der Waals surface area contributed by atoms with Crippen LogP contribution >= 0.6 is 0 Å². The van der Waals surface area contributed by atoms with Crippen LogP contribution in [0.3, 0.4) is 0 Å². The molecule has 2 amide bonds. The van der Waals surface area contributed by atoms with Gasteiger partial charge >= 0.3 is 0 Å². The molecule has 4 aliphatic rings. The zero-order chi connectivity index (χ0) is 25.5. The summed E-state index contributed by atoms with van der Waals surface area (Å²) in [5, 5.41) is 19.3. The summed E-state index contributed by atoms with van der Waals surface area (Å²) in [5.41, 5.74) is 0.461. The smallest absolute Gasteiger partial charge is 0.237 e. The minimum atomic E-state index is -1.43. The van der Waals surface area contributed by atoms with Crippen LogP contribution in [-0.2, 0) is 14.4 Å². The molecule has 3 N–H and O–H groups in total. The summed E-state index contributed by atoms with van der Waals surface area (Å²) in [7, 11) is 0. The van der Waals surface area contributed by atoms with Gasteiger partial charge in [-0.15, -0.1) is 0 Å². The average Bonchev–Trinajstić information content (AvgIpc) is 3.27. The van der Waals surface area contributed by atoms with Gasteiger partial charge in [-0.3, -0.25) is 9.59 Å². The number of hydrogen-bond acceptors (Lipinski definition) is 6. The van der Waals surface area contributed by atoms with E-state index in [9.17, 15) is 19.5 Å². The van der Waals surface area contributed by atoms with Gasteiger partial charge in [-0.1, -0.05) is 45.8 Å². The molecule has 194 valence electrons. The molecule has 0 bridgehead atoms. The van der Waals surface area contributed by atoms with Gasteiger partial charge in [0.25, 0.3) is 0 Å². The van der Waals surface area contributed by atoms with Crippen LogP contribution in [0, 0.1) is 35.5 Å². The van der Waals surface area contributed by atoms with E-state index in [1.54, 1.807) is 11.8 Å². The zero-order valence-corrected chi connectivity index (χ0v) is 21.5. The first-order chi connectivity index (χ1) is 16.2. The van der Waals surface area contributed by atoms with Crippen molar-refractivity contribution in [2.75, 3.05) is 19.6 Å². The highest BCUT2D eigenvalue weighted by Crippen LogP contribution is 2.44. The van der Waals surface area contributed by atoms with Crippen LogP contribution in [0.4, 0.5) is 0 Å². The summed E-state index contributed by atoms with van der Waals surface area (Å²) >= 11 is 0. The van der Waals surface area contributed by atoms with Crippen molar-refractivity contribution in [1.82, 2.24) is 15.3 Å². The fraction of sp³-hybridized carbons (Fsp3) is 0.808. The zero-order valence-electron chi connectivity index (χ0n) is 21.5. The number of fused-ring (bicyclic) bond motifs is 2. The molecule has 0 aromatic heterocycles. The van der Waals surface area contributed by atoms with Crippen molar-refractivity contribution in [1.29, 1.82) is 0 Å². The molecule has 2 aliphatic heterocycles. The number of aldehydes is 1. The second kappa shape index (κ2) is 12.8. The monoisotopic (exact) mass is 479 g/mol. The fourth-order valence-electron chi connectivity index (χ4n) is 5.98. The third-order valence-electron chi connectivity index (χ3n) is 8.60. The number of carbonyl (C=O) groups excluding carboxylic acids is 3. The number of nitrogens with one attached hydrogen (secondary N) is 1. The van der Waals surface area contributed by atoms with Crippen LogP contribution in [0.25, 0.3) is 0 Å². The predicted octanol–water partition coefficient (Wildman–Crippen LogP) is 2.84. The number of amides is 2. The first-order valence-corrected chi connectivity index (χ1v) is 13.0. The SMILES string of the molecule is CC1C2CCCC[C@@H]2C=C[C@@H]1C.CC1CCN2C(=O)[C@@H](C=O)[C@@H](NO)[C@]12O.CCN(C=O)CC. The average molecular weight is 480 g/mol. The standard InChI is InChI=1S/C12H20.C9H14N2O4.C5H11NO/c1-9-7-8-11-5-3-4-6-12(11)10(9)2;1-5-2-3-11-8(13)6(4-12)7(10-15)9(5,11)14;1-3-6(4-2)5-7/h7-12H,3-6H2,1-2H3;4-7,10,14-15H,2-3H2,1H3;5H,3-4H2,1-2H3/t9-,10?,11+,12?;5?,6-,7+,9+;/m00./s1. The molecule has 2 heterocycles. The lowest BCUT2D eigenvalue weighted by Crippen LogP contribution is -2.56. The molecular weight excluding hydrogens is 434 g/mol. The van der Waals surface area contributed by atoms with E-state index in [-0.39, 0.29) is 5.92 Å². The molecule has 3 unspecified atom stereocenters. The van der Waals surface area contributed by atoms with E-state index in [1.165, 1.54) is 30.6 Å². The summed E-state index contributed by atoms with van der Waals surface area (Å²) in [6.45, 7) is 12.6. The second-order valence-electron chi connectivity index (χ2n) is 10.3. The molecule has 2 aliphatic carbocycles. The molecule has 3 fully saturated rings. The Hall–Kier alpha value is -1.77. The number of carbonyl (C=O) groups is 3. The molecule has 34 heavy (non-hydrogen) atoms. The summed E-state index contributed by atoms with van der Waals surface area (Å²) in [4.78, 5) is 35.3. The normalized spacial score (nSPS) is 38.0. The lowest BCUT2D eigenvalue weighted by molar-refractivity contribution is -0.149. The molecule has 8 nitrogen and oxygen atoms in total. The quantitative estimate of drug-likeness (QED) is 0.242. The van der Waals surface area contributed by atoms with E-state index >= 15 is 0 Å². The number of hydrogen-bond donors (Lipinski definition) is 3. The lowest BCUT2D eigenvalue weighted by Gasteiger charge is -2.39. The van der Waals surface area contributed by atoms with Crippen LogP contribution in [-0.4, -0.2) is 70.1 Å². The van der Waals surface area contributed by atoms with E-state index < -0.39 is 23.6 Å². The van der Waals surface area contributed by atoms with Gasteiger partial charge in [0.15, 0.2) is 5.72 Å². The summed E-state index contributed by atoms with van der Waals surface area (Å²) < 4.78 is 0. The maximum atomic E-state index is 11.7. The summed E-state index contributed by atoms with van der Waals surface area (Å²) in [6.07, 6.45) is 12.8. The number of allylic oxidation sites excluding steroid dienone is 2. The molecule has 0 spiro atoms. The molecule has 8 atom stereocenters. The molecule has 0 aromatic carbocycles. The summed E-state index contributed by atoms with van der Waals surface area (Å²) in [6, 6.07) is -0.931. The Bertz CT molecular complexity index is 713. The van der Waals surface area contributed by atoms with Crippen molar-refractivity contribution >= 4 is 18.6 Å². The van der Waals surface area contributed by atoms with Crippen LogP contribution in [0.1, 0.15) is 66.7 Å². The van der Waals surface area contributed by atoms with Gasteiger partial charge < -0.3 is 24.9 Å². The molecule has 8 heteroatoms. The highest BCUT2D eigenvalue weighted by atomic mass is 16.5. The maximum absolute atomic E-state index is 11.7. The molecule has 0 aromatic rings. The molecule has 0 radical (unpaired) electrons. The van der Waals surface area contributed by atoms with Gasteiger partial charge in [0.2, 0.25) is 12.3 Å². The highest BCUT2D eigenvalue weighted by Gasteiger charge is 2.63. The Kier molecular flexibility index (Phi) is 10.7. The van der Waals surface area contributed by atoms with E-state index in [2.05, 4.69) is 26.0 Å². The molecule has 2 saturated heterocycles. The van der Waals surface area contributed by atoms with Crippen LogP contribution < -0.4 is 5.48 Å². The van der Waals surface area contributed by atoms with Crippen molar-refractivity contribution in [3.8, 4) is 0 Å². The van der Waals surface area contributed by atoms with Gasteiger partial charge in [-0.2, -0.15) is 5.48 Å². The molecule has 1 saturated carbocycles. The van der Waals surface area contributed by atoms with Crippen molar-refractivity contribution in [2.45, 2.75) is 78.5 Å².